The van der Waals surface area contributed by atoms with Crippen molar-refractivity contribution in [3.05, 3.63) is 34.7 Å². The fourth-order valence-corrected chi connectivity index (χ4v) is 3.21. The van der Waals surface area contributed by atoms with Crippen LogP contribution in [-0.2, 0) is 20.5 Å². The molecule has 0 radical (unpaired) electrons. The van der Waals surface area contributed by atoms with Gasteiger partial charge in [-0.25, -0.2) is 4.98 Å². The fraction of sp³-hybridized carbons (Fsp3) is 0.286. The monoisotopic (exact) mass is 333 g/mol. The van der Waals surface area contributed by atoms with Gasteiger partial charge in [-0.05, 0) is 34.6 Å². The summed E-state index contributed by atoms with van der Waals surface area (Å²) in [7, 11) is 3.94. The highest BCUT2D eigenvalue weighted by Crippen LogP contribution is 2.32. The molecule has 20 heavy (non-hydrogen) atoms. The molecule has 0 aliphatic carbocycles. The summed E-state index contributed by atoms with van der Waals surface area (Å²) < 4.78 is 4.91. The lowest BCUT2D eigenvalue weighted by molar-refractivity contribution is 0.745. The summed E-state index contributed by atoms with van der Waals surface area (Å²) in [6, 6.07) is 6.26. The average molecular weight is 334 g/mol. The molecule has 5 nitrogen and oxygen atoms in total. The van der Waals surface area contributed by atoms with Gasteiger partial charge in [0.05, 0.1) is 33.2 Å². The average Bonchev–Trinajstić information content (AvgIpc) is 2.92. The van der Waals surface area contributed by atoms with Crippen molar-refractivity contribution in [3.63, 3.8) is 0 Å². The van der Waals surface area contributed by atoms with Crippen molar-refractivity contribution in [3.8, 4) is 11.3 Å². The van der Waals surface area contributed by atoms with Crippen LogP contribution >= 0.6 is 15.9 Å². The van der Waals surface area contributed by atoms with E-state index in [9.17, 15) is 0 Å². The third-order valence-electron chi connectivity index (χ3n) is 3.44. The number of imidazole rings is 1. The van der Waals surface area contributed by atoms with E-state index in [4.69, 9.17) is 5.73 Å². The van der Waals surface area contributed by atoms with Crippen molar-refractivity contribution < 1.29 is 0 Å². The Balaban J connectivity index is 2.15. The number of nitrogens with zero attached hydrogens (tertiary/aromatic N) is 4. The van der Waals surface area contributed by atoms with Crippen LogP contribution in [0.3, 0.4) is 0 Å². The first-order chi connectivity index (χ1) is 9.61. The lowest BCUT2D eigenvalue weighted by atomic mass is 10.1. The zero-order valence-corrected chi connectivity index (χ0v) is 13.1. The van der Waals surface area contributed by atoms with E-state index < -0.39 is 0 Å². The van der Waals surface area contributed by atoms with Gasteiger partial charge >= 0.3 is 0 Å². The molecule has 3 aromatic rings. The van der Waals surface area contributed by atoms with E-state index in [1.165, 1.54) is 0 Å². The van der Waals surface area contributed by atoms with Crippen LogP contribution in [0.1, 0.15) is 5.69 Å². The summed E-state index contributed by atoms with van der Waals surface area (Å²) in [4.78, 5) is 4.40. The van der Waals surface area contributed by atoms with E-state index >= 15 is 0 Å². The summed E-state index contributed by atoms with van der Waals surface area (Å²) in [5, 5.41) is 4.53. The Bertz CT molecular complexity index is 771. The number of aryl methyl sites for hydroxylation is 2. The lowest BCUT2D eigenvalue weighted by Crippen LogP contribution is -2.04. The lowest BCUT2D eigenvalue weighted by Gasteiger charge is -2.04. The number of aromatic nitrogens is 4. The highest BCUT2D eigenvalue weighted by molar-refractivity contribution is 9.10. The summed E-state index contributed by atoms with van der Waals surface area (Å²) in [5.41, 5.74) is 10.9. The Morgan fingerprint density at radius 1 is 1.30 bits per heavy atom. The summed E-state index contributed by atoms with van der Waals surface area (Å²) in [5.74, 6) is 0. The molecule has 1 aromatic carbocycles. The highest BCUT2D eigenvalue weighted by Gasteiger charge is 2.15. The van der Waals surface area contributed by atoms with Gasteiger partial charge in [0.1, 0.15) is 0 Å². The van der Waals surface area contributed by atoms with Crippen LogP contribution in [0.5, 0.6) is 0 Å². The molecule has 104 valence electrons. The van der Waals surface area contributed by atoms with E-state index in [0.29, 0.717) is 6.54 Å². The topological polar surface area (TPSA) is 61.7 Å². The maximum absolute atomic E-state index is 5.62. The third kappa shape index (κ3) is 2.05. The van der Waals surface area contributed by atoms with Crippen LogP contribution in [0.15, 0.2) is 29.0 Å². The normalized spacial score (nSPS) is 11.4. The molecule has 2 heterocycles. The first kappa shape index (κ1) is 13.3. The maximum atomic E-state index is 5.62. The third-order valence-corrected chi connectivity index (χ3v) is 4.27. The summed E-state index contributed by atoms with van der Waals surface area (Å²) in [6.45, 7) is 0.592. The first-order valence-electron chi connectivity index (χ1n) is 6.44. The number of nitrogens with two attached hydrogens (primary N) is 1. The Morgan fingerprint density at radius 2 is 2.10 bits per heavy atom. The van der Waals surface area contributed by atoms with E-state index in [0.717, 1.165) is 38.9 Å². The molecular weight excluding hydrogens is 318 g/mol. The molecule has 6 heteroatoms. The minimum atomic E-state index is 0.592. The number of hydrogen-bond acceptors (Lipinski definition) is 3. The minimum Gasteiger partial charge on any atom is -0.334 e. The predicted octanol–water partition coefficient (Wildman–Crippen LogP) is 2.24. The second kappa shape index (κ2) is 5.03. The van der Waals surface area contributed by atoms with Gasteiger partial charge in [-0.2, -0.15) is 5.10 Å². The molecule has 0 bridgehead atoms. The number of halogens is 1. The standard InChI is InChI=1S/C14H16BrN5/c1-19-8-17-11-7-9(3-4-12(11)19)14-13(15)10(5-6-16)18-20(14)2/h3-4,7-8H,5-6,16H2,1-2H3. The molecule has 0 aliphatic rings. The summed E-state index contributed by atoms with van der Waals surface area (Å²) in [6.07, 6.45) is 2.59. The second-order valence-corrected chi connectivity index (χ2v) is 5.62. The molecule has 0 amide bonds. The van der Waals surface area contributed by atoms with E-state index in [1.54, 1.807) is 0 Å². The first-order valence-corrected chi connectivity index (χ1v) is 7.24. The molecule has 0 aliphatic heterocycles. The van der Waals surface area contributed by atoms with E-state index in [1.807, 2.05) is 29.7 Å². The van der Waals surface area contributed by atoms with Gasteiger partial charge in [0.15, 0.2) is 0 Å². The number of fused-ring (bicyclic) bond motifs is 1. The maximum Gasteiger partial charge on any atom is 0.0955 e. The zero-order valence-electron chi connectivity index (χ0n) is 11.5. The van der Waals surface area contributed by atoms with Gasteiger partial charge in [-0.3, -0.25) is 4.68 Å². The van der Waals surface area contributed by atoms with Gasteiger partial charge in [0.25, 0.3) is 0 Å². The summed E-state index contributed by atoms with van der Waals surface area (Å²) >= 11 is 3.64. The van der Waals surface area contributed by atoms with Gasteiger partial charge < -0.3 is 10.3 Å². The van der Waals surface area contributed by atoms with E-state index in [2.05, 4.69) is 44.2 Å². The molecule has 2 aromatic heterocycles. The molecule has 0 atom stereocenters. The molecule has 0 saturated carbocycles. The highest BCUT2D eigenvalue weighted by atomic mass is 79.9. The Kier molecular flexibility index (Phi) is 3.35. The quantitative estimate of drug-likeness (QED) is 0.799. The smallest absolute Gasteiger partial charge is 0.0955 e. The van der Waals surface area contributed by atoms with Crippen LogP contribution in [0.2, 0.25) is 0 Å². The molecule has 0 unspecified atom stereocenters. The number of benzene rings is 1. The SMILES string of the molecule is Cn1nc(CCN)c(Br)c1-c1ccc2c(c1)ncn2C. The van der Waals surface area contributed by atoms with Crippen molar-refractivity contribution in [2.24, 2.45) is 19.8 Å². The molecule has 0 fully saturated rings. The molecule has 3 rings (SSSR count). The molecule has 0 saturated heterocycles. The van der Waals surface area contributed by atoms with Crippen LogP contribution in [-0.4, -0.2) is 25.9 Å². The Labute approximate surface area is 125 Å². The van der Waals surface area contributed by atoms with Crippen molar-refractivity contribution in [1.82, 2.24) is 19.3 Å². The largest absolute Gasteiger partial charge is 0.334 e. The molecule has 2 N–H and O–H groups in total. The van der Waals surface area contributed by atoms with Crippen molar-refractivity contribution in [2.75, 3.05) is 6.54 Å². The minimum absolute atomic E-state index is 0.592. The predicted molar refractivity (Wildman–Crippen MR) is 83.4 cm³/mol. The van der Waals surface area contributed by atoms with Crippen molar-refractivity contribution in [2.45, 2.75) is 6.42 Å². The van der Waals surface area contributed by atoms with Crippen molar-refractivity contribution in [1.29, 1.82) is 0 Å². The molecule has 0 spiro atoms. The second-order valence-electron chi connectivity index (χ2n) is 4.83. The molecular formula is C14H16BrN5. The zero-order chi connectivity index (χ0) is 14.3. The van der Waals surface area contributed by atoms with Gasteiger partial charge in [0, 0.05) is 26.1 Å². The van der Waals surface area contributed by atoms with Gasteiger partial charge in [-0.1, -0.05) is 6.07 Å². The van der Waals surface area contributed by atoms with Gasteiger partial charge in [0.2, 0.25) is 0 Å². The van der Waals surface area contributed by atoms with E-state index in [-0.39, 0.29) is 0 Å². The van der Waals surface area contributed by atoms with Crippen LogP contribution in [0.4, 0.5) is 0 Å². The van der Waals surface area contributed by atoms with Gasteiger partial charge in [-0.15, -0.1) is 0 Å². The van der Waals surface area contributed by atoms with Crippen LogP contribution in [0, 0.1) is 0 Å². The Hall–Kier alpha value is -1.66. The fourth-order valence-electron chi connectivity index (χ4n) is 2.45. The van der Waals surface area contributed by atoms with Crippen molar-refractivity contribution >= 4 is 27.0 Å². The van der Waals surface area contributed by atoms with Crippen LogP contribution < -0.4 is 5.73 Å². The number of hydrogen-bond donors (Lipinski definition) is 1. The van der Waals surface area contributed by atoms with Crippen LogP contribution in [0.25, 0.3) is 22.3 Å². The number of rotatable bonds is 3. The Morgan fingerprint density at radius 3 is 2.85 bits per heavy atom.